The summed E-state index contributed by atoms with van der Waals surface area (Å²) in [7, 11) is 0. The number of anilines is 1. The maximum absolute atomic E-state index is 13.5. The number of carbonyl (C=O) groups is 1. The summed E-state index contributed by atoms with van der Waals surface area (Å²) >= 11 is 1.59. The van der Waals surface area contributed by atoms with E-state index in [4.69, 9.17) is 5.73 Å². The summed E-state index contributed by atoms with van der Waals surface area (Å²) in [6.45, 7) is 1.93. The van der Waals surface area contributed by atoms with E-state index in [0.717, 1.165) is 18.2 Å². The van der Waals surface area contributed by atoms with Crippen molar-refractivity contribution >= 4 is 23.4 Å². The lowest BCUT2D eigenvalue weighted by molar-refractivity contribution is 0.0936. The number of thioether (sulfide) groups is 1. The second kappa shape index (κ2) is 6.58. The van der Waals surface area contributed by atoms with E-state index in [1.807, 2.05) is 13.2 Å². The van der Waals surface area contributed by atoms with Gasteiger partial charge in [-0.25, -0.2) is 8.78 Å². The van der Waals surface area contributed by atoms with E-state index in [0.29, 0.717) is 6.07 Å². The molecule has 1 aromatic carbocycles. The highest BCUT2D eigenvalue weighted by molar-refractivity contribution is 7.98. The predicted octanol–water partition coefficient (Wildman–Crippen LogP) is 2.42. The summed E-state index contributed by atoms with van der Waals surface area (Å²) in [4.78, 5) is 11.8. The van der Waals surface area contributed by atoms with Gasteiger partial charge >= 0.3 is 0 Å². The molecule has 0 aliphatic heterocycles. The van der Waals surface area contributed by atoms with Crippen molar-refractivity contribution in [2.75, 3.05) is 17.7 Å². The highest BCUT2D eigenvalue weighted by Gasteiger charge is 2.17. The van der Waals surface area contributed by atoms with Crippen molar-refractivity contribution in [3.8, 4) is 0 Å². The third-order valence-electron chi connectivity index (χ3n) is 2.53. The van der Waals surface area contributed by atoms with Gasteiger partial charge < -0.3 is 11.1 Å². The van der Waals surface area contributed by atoms with Crippen LogP contribution in [0.3, 0.4) is 0 Å². The van der Waals surface area contributed by atoms with Gasteiger partial charge in [0.1, 0.15) is 11.6 Å². The van der Waals surface area contributed by atoms with Crippen molar-refractivity contribution in [1.82, 2.24) is 5.32 Å². The molecule has 0 saturated heterocycles. The fourth-order valence-electron chi connectivity index (χ4n) is 1.47. The van der Waals surface area contributed by atoms with Crippen LogP contribution < -0.4 is 11.1 Å². The van der Waals surface area contributed by atoms with Crippen LogP contribution in [0.2, 0.25) is 0 Å². The second-order valence-electron chi connectivity index (χ2n) is 3.89. The van der Waals surface area contributed by atoms with E-state index in [1.165, 1.54) is 0 Å². The molecular formula is C12H16F2N2OS. The average molecular weight is 274 g/mol. The maximum Gasteiger partial charge on any atom is 0.254 e. The molecule has 100 valence electrons. The number of nitrogens with two attached hydrogens (primary N) is 1. The van der Waals surface area contributed by atoms with Gasteiger partial charge in [0.2, 0.25) is 0 Å². The van der Waals surface area contributed by atoms with E-state index in [2.05, 4.69) is 5.32 Å². The van der Waals surface area contributed by atoms with Gasteiger partial charge in [0.15, 0.2) is 0 Å². The minimum atomic E-state index is -0.904. The summed E-state index contributed by atoms with van der Waals surface area (Å²) < 4.78 is 26.4. The van der Waals surface area contributed by atoms with Gasteiger partial charge in [0.25, 0.3) is 5.91 Å². The molecule has 1 amide bonds. The molecule has 0 spiro atoms. The highest BCUT2D eigenvalue weighted by atomic mass is 32.2. The normalized spacial score (nSPS) is 12.2. The SMILES string of the molecule is CCC(CSC)NC(=O)c1cc(N)c(F)cc1F. The lowest BCUT2D eigenvalue weighted by atomic mass is 10.1. The van der Waals surface area contributed by atoms with E-state index in [9.17, 15) is 13.6 Å². The van der Waals surface area contributed by atoms with Crippen LogP contribution in [0.4, 0.5) is 14.5 Å². The third kappa shape index (κ3) is 3.60. The maximum atomic E-state index is 13.5. The molecule has 0 aromatic heterocycles. The van der Waals surface area contributed by atoms with Crippen LogP contribution in [0.5, 0.6) is 0 Å². The Morgan fingerprint density at radius 3 is 2.67 bits per heavy atom. The van der Waals surface area contributed by atoms with Crippen LogP contribution in [-0.2, 0) is 0 Å². The molecule has 6 heteroatoms. The van der Waals surface area contributed by atoms with E-state index in [-0.39, 0.29) is 17.3 Å². The van der Waals surface area contributed by atoms with Gasteiger partial charge in [0, 0.05) is 17.9 Å². The quantitative estimate of drug-likeness (QED) is 0.811. The molecule has 1 unspecified atom stereocenters. The first kappa shape index (κ1) is 14.8. The molecule has 1 aromatic rings. The number of amides is 1. The molecule has 0 aliphatic rings. The summed E-state index contributed by atoms with van der Waals surface area (Å²) in [6, 6.07) is 1.60. The molecule has 0 fully saturated rings. The van der Waals surface area contributed by atoms with Crippen molar-refractivity contribution in [3.63, 3.8) is 0 Å². The molecule has 0 radical (unpaired) electrons. The summed E-state index contributed by atoms with van der Waals surface area (Å²) in [5.41, 5.74) is 4.86. The first-order valence-electron chi connectivity index (χ1n) is 5.53. The van der Waals surface area contributed by atoms with Gasteiger partial charge in [-0.05, 0) is 18.7 Å². The van der Waals surface area contributed by atoms with Gasteiger partial charge in [0.05, 0.1) is 11.3 Å². The molecule has 0 heterocycles. The Labute approximate surface area is 109 Å². The molecule has 0 bridgehead atoms. The number of hydrogen-bond acceptors (Lipinski definition) is 3. The number of halogens is 2. The number of benzene rings is 1. The fourth-order valence-corrected chi connectivity index (χ4v) is 2.19. The first-order chi connectivity index (χ1) is 8.49. The van der Waals surface area contributed by atoms with Crippen LogP contribution >= 0.6 is 11.8 Å². The predicted molar refractivity (Wildman–Crippen MR) is 70.7 cm³/mol. The Bertz CT molecular complexity index is 440. The van der Waals surface area contributed by atoms with E-state index in [1.54, 1.807) is 11.8 Å². The molecule has 18 heavy (non-hydrogen) atoms. The zero-order valence-electron chi connectivity index (χ0n) is 10.3. The van der Waals surface area contributed by atoms with Gasteiger partial charge in [-0.1, -0.05) is 6.92 Å². The van der Waals surface area contributed by atoms with E-state index < -0.39 is 17.5 Å². The van der Waals surface area contributed by atoms with Crippen LogP contribution in [-0.4, -0.2) is 24.0 Å². The number of nitrogen functional groups attached to an aromatic ring is 1. The molecule has 1 atom stereocenters. The van der Waals surface area contributed by atoms with Crippen molar-refractivity contribution in [2.24, 2.45) is 0 Å². The number of rotatable bonds is 5. The van der Waals surface area contributed by atoms with Crippen LogP contribution in [0.1, 0.15) is 23.7 Å². The average Bonchev–Trinajstić information content (AvgIpc) is 2.33. The number of carbonyl (C=O) groups excluding carboxylic acids is 1. The van der Waals surface area contributed by atoms with E-state index >= 15 is 0 Å². The number of hydrogen-bond donors (Lipinski definition) is 2. The van der Waals surface area contributed by atoms with Gasteiger partial charge in [-0.2, -0.15) is 11.8 Å². The number of nitrogens with one attached hydrogen (secondary N) is 1. The molecule has 3 N–H and O–H groups in total. The summed E-state index contributed by atoms with van der Waals surface area (Å²) in [6.07, 6.45) is 2.66. The molecule has 0 aliphatic carbocycles. The molecule has 3 nitrogen and oxygen atoms in total. The molecule has 0 saturated carbocycles. The third-order valence-corrected chi connectivity index (χ3v) is 3.26. The highest BCUT2D eigenvalue weighted by Crippen LogP contribution is 2.17. The topological polar surface area (TPSA) is 55.1 Å². The summed E-state index contributed by atoms with van der Waals surface area (Å²) in [5, 5.41) is 2.69. The largest absolute Gasteiger partial charge is 0.396 e. The van der Waals surface area contributed by atoms with Crippen molar-refractivity contribution < 1.29 is 13.6 Å². The standard InChI is InChI=1S/C12H16F2N2OS/c1-3-7(6-18-2)16-12(17)8-4-11(15)10(14)5-9(8)13/h4-5,7H,3,6,15H2,1-2H3,(H,16,17). The zero-order valence-corrected chi connectivity index (χ0v) is 11.1. The van der Waals surface area contributed by atoms with Crippen molar-refractivity contribution in [2.45, 2.75) is 19.4 Å². The minimum Gasteiger partial charge on any atom is -0.396 e. The lowest BCUT2D eigenvalue weighted by Gasteiger charge is -2.16. The van der Waals surface area contributed by atoms with Gasteiger partial charge in [-0.15, -0.1) is 0 Å². The van der Waals surface area contributed by atoms with Gasteiger partial charge in [-0.3, -0.25) is 4.79 Å². The fraction of sp³-hybridized carbons (Fsp3) is 0.417. The van der Waals surface area contributed by atoms with Crippen LogP contribution in [0.15, 0.2) is 12.1 Å². The smallest absolute Gasteiger partial charge is 0.254 e. The van der Waals surface area contributed by atoms with Crippen LogP contribution in [0.25, 0.3) is 0 Å². The molecule has 1 rings (SSSR count). The Hall–Kier alpha value is -1.30. The Morgan fingerprint density at radius 1 is 1.44 bits per heavy atom. The van der Waals surface area contributed by atoms with Crippen molar-refractivity contribution in [3.05, 3.63) is 29.3 Å². The molecular weight excluding hydrogens is 258 g/mol. The Balaban J connectivity index is 2.87. The Kier molecular flexibility index (Phi) is 5.40. The monoisotopic (exact) mass is 274 g/mol. The van der Waals surface area contributed by atoms with Crippen molar-refractivity contribution in [1.29, 1.82) is 0 Å². The Morgan fingerprint density at radius 2 is 2.11 bits per heavy atom. The second-order valence-corrected chi connectivity index (χ2v) is 4.80. The summed E-state index contributed by atoms with van der Waals surface area (Å²) in [5.74, 6) is -1.60. The first-order valence-corrected chi connectivity index (χ1v) is 6.93. The minimum absolute atomic E-state index is 0.0434. The van der Waals surface area contributed by atoms with Crippen LogP contribution in [0, 0.1) is 11.6 Å². The zero-order chi connectivity index (χ0) is 13.7. The lowest BCUT2D eigenvalue weighted by Crippen LogP contribution is -2.36.